The molecule has 2 atom stereocenters. The van der Waals surface area contributed by atoms with Gasteiger partial charge in [0.2, 0.25) is 0 Å². The molecule has 20 heavy (non-hydrogen) atoms. The molecule has 0 radical (unpaired) electrons. The standard InChI is InChI=1S/C15H24N2O3/c1-10-7-17(9-12(10)16)8-11-5-14(19-3)15(20-4)6-13(11)18-2/h5-6,10,12H,7-9,16H2,1-4H3. The minimum Gasteiger partial charge on any atom is -0.496 e. The normalized spacial score (nSPS) is 22.9. The Morgan fingerprint density at radius 3 is 2.15 bits per heavy atom. The predicted octanol–water partition coefficient (Wildman–Crippen LogP) is 1.49. The van der Waals surface area contributed by atoms with Gasteiger partial charge in [0.05, 0.1) is 21.3 Å². The smallest absolute Gasteiger partial charge is 0.164 e. The molecule has 1 heterocycles. The van der Waals surface area contributed by atoms with Crippen molar-refractivity contribution < 1.29 is 14.2 Å². The van der Waals surface area contributed by atoms with Crippen LogP contribution in [-0.4, -0.2) is 45.4 Å². The molecular formula is C15H24N2O3. The van der Waals surface area contributed by atoms with Crippen LogP contribution in [0, 0.1) is 5.92 Å². The lowest BCUT2D eigenvalue weighted by atomic mass is 10.1. The lowest BCUT2D eigenvalue weighted by Crippen LogP contribution is -2.28. The van der Waals surface area contributed by atoms with Crippen molar-refractivity contribution in [3.63, 3.8) is 0 Å². The molecule has 1 aliphatic rings. The zero-order chi connectivity index (χ0) is 14.7. The van der Waals surface area contributed by atoms with E-state index in [1.165, 1.54) is 0 Å². The van der Waals surface area contributed by atoms with E-state index in [9.17, 15) is 0 Å². The van der Waals surface area contributed by atoms with E-state index in [1.54, 1.807) is 21.3 Å². The van der Waals surface area contributed by atoms with E-state index in [1.807, 2.05) is 12.1 Å². The summed E-state index contributed by atoms with van der Waals surface area (Å²) in [5.41, 5.74) is 7.17. The largest absolute Gasteiger partial charge is 0.496 e. The van der Waals surface area contributed by atoms with Gasteiger partial charge < -0.3 is 19.9 Å². The van der Waals surface area contributed by atoms with Crippen LogP contribution in [0.4, 0.5) is 0 Å². The van der Waals surface area contributed by atoms with Gasteiger partial charge >= 0.3 is 0 Å². The highest BCUT2D eigenvalue weighted by Crippen LogP contribution is 2.35. The summed E-state index contributed by atoms with van der Waals surface area (Å²) in [6, 6.07) is 4.10. The number of methoxy groups -OCH3 is 3. The fourth-order valence-electron chi connectivity index (χ4n) is 2.68. The second-order valence-corrected chi connectivity index (χ2v) is 5.35. The number of nitrogens with zero attached hydrogens (tertiary/aromatic N) is 1. The summed E-state index contributed by atoms with van der Waals surface area (Å²) in [6.07, 6.45) is 0. The van der Waals surface area contributed by atoms with Gasteiger partial charge in [0.25, 0.3) is 0 Å². The van der Waals surface area contributed by atoms with Crippen LogP contribution >= 0.6 is 0 Å². The molecule has 1 aromatic carbocycles. The Kier molecular flexibility index (Phi) is 4.73. The molecule has 0 aliphatic carbocycles. The highest BCUT2D eigenvalue weighted by Gasteiger charge is 2.27. The summed E-state index contributed by atoms with van der Waals surface area (Å²) >= 11 is 0. The number of rotatable bonds is 5. The molecule has 112 valence electrons. The number of benzene rings is 1. The van der Waals surface area contributed by atoms with Gasteiger partial charge in [-0.25, -0.2) is 0 Å². The summed E-state index contributed by atoms with van der Waals surface area (Å²) in [5, 5.41) is 0. The van der Waals surface area contributed by atoms with Crippen LogP contribution in [0.2, 0.25) is 0 Å². The van der Waals surface area contributed by atoms with Crippen LogP contribution in [0.1, 0.15) is 12.5 Å². The Hall–Kier alpha value is -1.46. The van der Waals surface area contributed by atoms with Gasteiger partial charge in [-0.2, -0.15) is 0 Å². The minimum absolute atomic E-state index is 0.251. The maximum absolute atomic E-state index is 6.08. The fourth-order valence-corrected chi connectivity index (χ4v) is 2.68. The molecule has 0 bridgehead atoms. The van der Waals surface area contributed by atoms with Crippen molar-refractivity contribution in [3.8, 4) is 17.2 Å². The minimum atomic E-state index is 0.251. The number of likely N-dealkylation sites (tertiary alicyclic amines) is 1. The highest BCUT2D eigenvalue weighted by atomic mass is 16.5. The summed E-state index contributed by atoms with van der Waals surface area (Å²) in [6.45, 7) is 4.93. The van der Waals surface area contributed by atoms with Crippen LogP contribution in [0.3, 0.4) is 0 Å². The molecule has 0 saturated carbocycles. The molecular weight excluding hydrogens is 256 g/mol. The zero-order valence-corrected chi connectivity index (χ0v) is 12.7. The van der Waals surface area contributed by atoms with Gasteiger partial charge in [-0.1, -0.05) is 6.92 Å². The third-order valence-electron chi connectivity index (χ3n) is 3.93. The van der Waals surface area contributed by atoms with Crippen LogP contribution in [0.5, 0.6) is 17.2 Å². The van der Waals surface area contributed by atoms with Gasteiger partial charge in [0, 0.05) is 37.3 Å². The van der Waals surface area contributed by atoms with Gasteiger partial charge in [-0.3, -0.25) is 4.90 Å². The second-order valence-electron chi connectivity index (χ2n) is 5.35. The van der Waals surface area contributed by atoms with Gasteiger partial charge in [0.1, 0.15) is 5.75 Å². The number of nitrogens with two attached hydrogens (primary N) is 1. The van der Waals surface area contributed by atoms with Crippen molar-refractivity contribution in [2.24, 2.45) is 11.7 Å². The lowest BCUT2D eigenvalue weighted by Gasteiger charge is -2.19. The quantitative estimate of drug-likeness (QED) is 0.885. The molecule has 0 aromatic heterocycles. The van der Waals surface area contributed by atoms with E-state index in [0.29, 0.717) is 11.7 Å². The Balaban J connectivity index is 2.22. The molecule has 5 nitrogen and oxygen atoms in total. The van der Waals surface area contributed by atoms with Crippen LogP contribution in [0.25, 0.3) is 0 Å². The van der Waals surface area contributed by atoms with E-state index >= 15 is 0 Å². The summed E-state index contributed by atoms with van der Waals surface area (Å²) in [4.78, 5) is 2.35. The number of ether oxygens (including phenoxy) is 3. The highest BCUT2D eigenvalue weighted by molar-refractivity contribution is 5.50. The van der Waals surface area contributed by atoms with E-state index in [-0.39, 0.29) is 6.04 Å². The first-order valence-corrected chi connectivity index (χ1v) is 6.85. The van der Waals surface area contributed by atoms with E-state index < -0.39 is 0 Å². The summed E-state index contributed by atoms with van der Waals surface area (Å²) in [5.74, 6) is 2.75. The van der Waals surface area contributed by atoms with Crippen molar-refractivity contribution in [1.29, 1.82) is 0 Å². The molecule has 2 rings (SSSR count). The average molecular weight is 280 g/mol. The maximum Gasteiger partial charge on any atom is 0.164 e. The SMILES string of the molecule is COc1cc(OC)c(OC)cc1CN1CC(C)C(N)C1. The Morgan fingerprint density at radius 1 is 1.05 bits per heavy atom. The molecule has 0 amide bonds. The van der Waals surface area contributed by atoms with Gasteiger partial charge in [-0.05, 0) is 12.0 Å². The van der Waals surface area contributed by atoms with Crippen LogP contribution in [-0.2, 0) is 6.54 Å². The van der Waals surface area contributed by atoms with Gasteiger partial charge in [-0.15, -0.1) is 0 Å². The zero-order valence-electron chi connectivity index (χ0n) is 12.7. The first-order chi connectivity index (χ1) is 9.58. The molecule has 1 aliphatic heterocycles. The van der Waals surface area contributed by atoms with Crippen LogP contribution in [0.15, 0.2) is 12.1 Å². The van der Waals surface area contributed by atoms with Crippen LogP contribution < -0.4 is 19.9 Å². The first-order valence-electron chi connectivity index (χ1n) is 6.85. The molecule has 2 N–H and O–H groups in total. The molecule has 1 aromatic rings. The first kappa shape index (κ1) is 14.9. The number of hydrogen-bond acceptors (Lipinski definition) is 5. The van der Waals surface area contributed by atoms with Crippen molar-refractivity contribution in [1.82, 2.24) is 4.90 Å². The Bertz CT molecular complexity index is 455. The number of hydrogen-bond donors (Lipinski definition) is 1. The topological polar surface area (TPSA) is 57.0 Å². The van der Waals surface area contributed by atoms with Gasteiger partial charge in [0.15, 0.2) is 11.5 Å². The molecule has 1 saturated heterocycles. The Morgan fingerprint density at radius 2 is 1.65 bits per heavy atom. The molecule has 2 unspecified atom stereocenters. The molecule has 5 heteroatoms. The third kappa shape index (κ3) is 2.99. The summed E-state index contributed by atoms with van der Waals surface area (Å²) in [7, 11) is 4.93. The molecule has 1 fully saturated rings. The monoisotopic (exact) mass is 280 g/mol. The third-order valence-corrected chi connectivity index (χ3v) is 3.93. The van der Waals surface area contributed by atoms with E-state index in [4.69, 9.17) is 19.9 Å². The maximum atomic E-state index is 6.08. The second kappa shape index (κ2) is 6.33. The Labute approximate surface area is 120 Å². The molecule has 0 spiro atoms. The fraction of sp³-hybridized carbons (Fsp3) is 0.600. The van der Waals surface area contributed by atoms with E-state index in [2.05, 4.69) is 11.8 Å². The summed E-state index contributed by atoms with van der Waals surface area (Å²) < 4.78 is 16.1. The van der Waals surface area contributed by atoms with Crippen molar-refractivity contribution in [2.75, 3.05) is 34.4 Å². The van der Waals surface area contributed by atoms with Crippen molar-refractivity contribution in [2.45, 2.75) is 19.5 Å². The van der Waals surface area contributed by atoms with Crippen molar-refractivity contribution >= 4 is 0 Å². The van der Waals surface area contributed by atoms with E-state index in [0.717, 1.165) is 36.7 Å². The average Bonchev–Trinajstić information content (AvgIpc) is 2.76. The predicted molar refractivity (Wildman–Crippen MR) is 78.5 cm³/mol. The van der Waals surface area contributed by atoms with Crippen molar-refractivity contribution in [3.05, 3.63) is 17.7 Å². The lowest BCUT2D eigenvalue weighted by molar-refractivity contribution is 0.305.